The number of esters is 2. The maximum absolute atomic E-state index is 12.0. The van der Waals surface area contributed by atoms with E-state index in [1.54, 1.807) is 20.0 Å². The van der Waals surface area contributed by atoms with Crippen molar-refractivity contribution < 1.29 is 19.1 Å². The van der Waals surface area contributed by atoms with Crippen LogP contribution in [0, 0.1) is 6.92 Å². The first-order chi connectivity index (χ1) is 8.61. The molecule has 0 bridgehead atoms. The monoisotopic (exact) mass is 267 g/mol. The van der Waals surface area contributed by atoms with Gasteiger partial charge in [-0.2, -0.15) is 0 Å². The molecule has 5 nitrogen and oxygen atoms in total. The molecule has 0 fully saturated rings. The molecule has 1 rings (SSSR count). The third kappa shape index (κ3) is 4.12. The van der Waals surface area contributed by atoms with Crippen LogP contribution in [-0.4, -0.2) is 22.5 Å². The predicted octanol–water partition coefficient (Wildman–Crippen LogP) is 2.90. The Morgan fingerprint density at radius 1 is 1.32 bits per heavy atom. The van der Waals surface area contributed by atoms with Crippen molar-refractivity contribution in [2.45, 2.75) is 53.2 Å². The molecule has 0 aliphatic rings. The van der Waals surface area contributed by atoms with Gasteiger partial charge in [-0.25, -0.2) is 4.79 Å². The van der Waals surface area contributed by atoms with Gasteiger partial charge >= 0.3 is 11.9 Å². The summed E-state index contributed by atoms with van der Waals surface area (Å²) in [6.07, 6.45) is 1.27. The number of rotatable bonds is 3. The zero-order chi connectivity index (χ0) is 14.8. The number of nitrogens with one attached hydrogen (secondary N) is 1. The third-order valence-electron chi connectivity index (χ3n) is 2.56. The fraction of sp³-hybridized carbons (Fsp3) is 0.571. The standard InChI is InChI=1S/C14H21NO4/c1-8-11(9(2)18-10(3)16)7-15-12(8)13(17)19-14(4,5)6/h7,9,15H,1-6H3. The van der Waals surface area contributed by atoms with Crippen LogP contribution in [0.25, 0.3) is 0 Å². The van der Waals surface area contributed by atoms with Gasteiger partial charge in [0.25, 0.3) is 0 Å². The second-order valence-corrected chi connectivity index (χ2v) is 5.50. The van der Waals surface area contributed by atoms with Crippen molar-refractivity contribution in [3.8, 4) is 0 Å². The minimum atomic E-state index is -0.545. The Labute approximate surface area is 113 Å². The van der Waals surface area contributed by atoms with E-state index >= 15 is 0 Å². The highest BCUT2D eigenvalue weighted by Gasteiger charge is 2.23. The number of hydrogen-bond acceptors (Lipinski definition) is 4. The van der Waals surface area contributed by atoms with Crippen molar-refractivity contribution in [3.63, 3.8) is 0 Å². The lowest BCUT2D eigenvalue weighted by molar-refractivity contribution is -0.145. The Kier molecular flexibility index (Phi) is 4.39. The van der Waals surface area contributed by atoms with Crippen molar-refractivity contribution in [2.24, 2.45) is 0 Å². The first-order valence-electron chi connectivity index (χ1n) is 6.20. The van der Waals surface area contributed by atoms with E-state index in [0.29, 0.717) is 5.69 Å². The molecular formula is C14H21NO4. The number of carbonyl (C=O) groups is 2. The van der Waals surface area contributed by atoms with Crippen LogP contribution in [0.5, 0.6) is 0 Å². The predicted molar refractivity (Wildman–Crippen MR) is 70.9 cm³/mol. The van der Waals surface area contributed by atoms with Crippen LogP contribution in [-0.2, 0) is 14.3 Å². The van der Waals surface area contributed by atoms with Crippen molar-refractivity contribution in [1.29, 1.82) is 0 Å². The van der Waals surface area contributed by atoms with Gasteiger partial charge in [-0.1, -0.05) is 0 Å². The number of hydrogen-bond donors (Lipinski definition) is 1. The van der Waals surface area contributed by atoms with E-state index in [4.69, 9.17) is 9.47 Å². The van der Waals surface area contributed by atoms with Gasteiger partial charge in [0, 0.05) is 18.7 Å². The highest BCUT2D eigenvalue weighted by molar-refractivity contribution is 5.89. The van der Waals surface area contributed by atoms with E-state index in [1.807, 2.05) is 20.8 Å². The molecule has 0 saturated heterocycles. The van der Waals surface area contributed by atoms with Crippen LogP contribution in [0.1, 0.15) is 62.3 Å². The highest BCUT2D eigenvalue weighted by atomic mass is 16.6. The molecule has 0 aromatic carbocycles. The molecule has 0 radical (unpaired) electrons. The van der Waals surface area contributed by atoms with Crippen LogP contribution >= 0.6 is 0 Å². The summed E-state index contributed by atoms with van der Waals surface area (Å²) in [6, 6.07) is 0. The second kappa shape index (κ2) is 5.47. The van der Waals surface area contributed by atoms with E-state index in [9.17, 15) is 9.59 Å². The summed E-state index contributed by atoms with van der Waals surface area (Å²) in [5.74, 6) is -0.766. The topological polar surface area (TPSA) is 68.4 Å². The van der Waals surface area contributed by atoms with Gasteiger partial charge in [-0.3, -0.25) is 4.79 Å². The summed E-state index contributed by atoms with van der Waals surface area (Å²) in [5.41, 5.74) is 1.36. The number of H-pyrrole nitrogens is 1. The maximum atomic E-state index is 12.0. The van der Waals surface area contributed by atoms with Crippen molar-refractivity contribution in [3.05, 3.63) is 23.0 Å². The smallest absolute Gasteiger partial charge is 0.355 e. The largest absolute Gasteiger partial charge is 0.458 e. The van der Waals surface area contributed by atoms with Crippen LogP contribution in [0.4, 0.5) is 0 Å². The van der Waals surface area contributed by atoms with E-state index in [1.165, 1.54) is 6.92 Å². The van der Waals surface area contributed by atoms with Crippen molar-refractivity contribution >= 4 is 11.9 Å². The average molecular weight is 267 g/mol. The van der Waals surface area contributed by atoms with Gasteiger partial charge < -0.3 is 14.5 Å². The molecule has 1 N–H and O–H groups in total. The number of aromatic amines is 1. The third-order valence-corrected chi connectivity index (χ3v) is 2.56. The SMILES string of the molecule is CC(=O)OC(C)c1c[nH]c(C(=O)OC(C)(C)C)c1C. The quantitative estimate of drug-likeness (QED) is 0.855. The Balaban J connectivity index is 2.92. The van der Waals surface area contributed by atoms with Crippen LogP contribution in [0.3, 0.4) is 0 Å². The molecular weight excluding hydrogens is 246 g/mol. The molecule has 5 heteroatoms. The van der Waals surface area contributed by atoms with Crippen molar-refractivity contribution in [1.82, 2.24) is 4.98 Å². The minimum absolute atomic E-state index is 0.355. The number of ether oxygens (including phenoxy) is 2. The lowest BCUT2D eigenvalue weighted by Gasteiger charge is -2.19. The fourth-order valence-electron chi connectivity index (χ4n) is 1.79. The van der Waals surface area contributed by atoms with Gasteiger partial charge in [0.1, 0.15) is 17.4 Å². The molecule has 0 aliphatic carbocycles. The van der Waals surface area contributed by atoms with E-state index < -0.39 is 17.7 Å². The van der Waals surface area contributed by atoms with Crippen LogP contribution in [0.2, 0.25) is 0 Å². The van der Waals surface area contributed by atoms with Crippen molar-refractivity contribution in [2.75, 3.05) is 0 Å². The maximum Gasteiger partial charge on any atom is 0.355 e. The second-order valence-electron chi connectivity index (χ2n) is 5.50. The summed E-state index contributed by atoms with van der Waals surface area (Å²) in [7, 11) is 0. The first kappa shape index (κ1) is 15.3. The molecule has 106 valence electrons. The van der Waals surface area contributed by atoms with Gasteiger partial charge in [0.2, 0.25) is 0 Å². The van der Waals surface area contributed by atoms with Crippen LogP contribution in [0.15, 0.2) is 6.20 Å². The summed E-state index contributed by atoms with van der Waals surface area (Å²) in [6.45, 7) is 10.3. The molecule has 1 aromatic rings. The van der Waals surface area contributed by atoms with E-state index in [2.05, 4.69) is 4.98 Å². The van der Waals surface area contributed by atoms with Gasteiger partial charge in [0.15, 0.2) is 0 Å². The molecule has 0 spiro atoms. The molecule has 1 heterocycles. The average Bonchev–Trinajstić information content (AvgIpc) is 2.56. The van der Waals surface area contributed by atoms with E-state index in [-0.39, 0.29) is 5.97 Å². The molecule has 0 saturated carbocycles. The molecule has 19 heavy (non-hydrogen) atoms. The number of carbonyl (C=O) groups excluding carboxylic acids is 2. The molecule has 1 unspecified atom stereocenters. The molecule has 1 atom stereocenters. The zero-order valence-corrected chi connectivity index (χ0v) is 12.3. The Morgan fingerprint density at radius 2 is 1.89 bits per heavy atom. The summed E-state index contributed by atoms with van der Waals surface area (Å²) < 4.78 is 10.4. The van der Waals surface area contributed by atoms with Gasteiger partial charge in [0.05, 0.1) is 0 Å². The zero-order valence-electron chi connectivity index (χ0n) is 12.3. The molecule has 0 amide bonds. The Bertz CT molecular complexity index is 482. The summed E-state index contributed by atoms with van der Waals surface area (Å²) >= 11 is 0. The Hall–Kier alpha value is -1.78. The fourth-order valence-corrected chi connectivity index (χ4v) is 1.79. The normalized spacial score (nSPS) is 12.9. The summed E-state index contributed by atoms with van der Waals surface area (Å²) in [4.78, 5) is 25.8. The molecule has 0 aliphatic heterocycles. The van der Waals surface area contributed by atoms with Gasteiger partial charge in [-0.15, -0.1) is 0 Å². The van der Waals surface area contributed by atoms with Gasteiger partial charge in [-0.05, 0) is 40.2 Å². The minimum Gasteiger partial charge on any atom is -0.458 e. The van der Waals surface area contributed by atoms with E-state index in [0.717, 1.165) is 11.1 Å². The lowest BCUT2D eigenvalue weighted by atomic mass is 10.1. The highest BCUT2D eigenvalue weighted by Crippen LogP contribution is 2.24. The summed E-state index contributed by atoms with van der Waals surface area (Å²) in [5, 5.41) is 0. The first-order valence-corrected chi connectivity index (χ1v) is 6.20. The lowest BCUT2D eigenvalue weighted by Crippen LogP contribution is -2.24. The molecule has 1 aromatic heterocycles. The van der Waals surface area contributed by atoms with Crippen LogP contribution < -0.4 is 0 Å². The Morgan fingerprint density at radius 3 is 2.37 bits per heavy atom. The number of aromatic nitrogens is 1.